The highest BCUT2D eigenvalue weighted by molar-refractivity contribution is 7.99. The van der Waals surface area contributed by atoms with Crippen molar-refractivity contribution < 1.29 is 0 Å². The molecule has 6 heteroatoms. The Bertz CT molecular complexity index is 514. The van der Waals surface area contributed by atoms with Crippen molar-refractivity contribution in [3.63, 3.8) is 0 Å². The van der Waals surface area contributed by atoms with E-state index in [-0.39, 0.29) is 0 Å². The monoisotopic (exact) mass is 280 g/mol. The standard InChI is InChI=1S/C12H16N4S2/c1-15-7-10(6-13-15)12-14-11(9-18-12)8-16-2-4-17-5-3-16/h6-7,9H,2-5,8H2,1H3. The van der Waals surface area contributed by atoms with Crippen LogP contribution >= 0.6 is 23.1 Å². The molecule has 3 rings (SSSR count). The summed E-state index contributed by atoms with van der Waals surface area (Å²) in [5.41, 5.74) is 2.30. The number of aryl methyl sites for hydroxylation is 1. The third kappa shape index (κ3) is 2.76. The minimum atomic E-state index is 0.983. The lowest BCUT2D eigenvalue weighted by Gasteiger charge is -2.25. The largest absolute Gasteiger partial charge is 0.296 e. The molecule has 2 aromatic heterocycles. The molecule has 0 spiro atoms. The molecule has 0 amide bonds. The van der Waals surface area contributed by atoms with Crippen molar-refractivity contribution in [2.24, 2.45) is 7.05 Å². The van der Waals surface area contributed by atoms with Crippen LogP contribution in [0.3, 0.4) is 0 Å². The number of rotatable bonds is 3. The lowest BCUT2D eigenvalue weighted by Crippen LogP contribution is -2.32. The quantitative estimate of drug-likeness (QED) is 0.862. The molecule has 3 heterocycles. The van der Waals surface area contributed by atoms with Gasteiger partial charge in [-0.1, -0.05) is 0 Å². The van der Waals surface area contributed by atoms with Crippen LogP contribution in [0.25, 0.3) is 10.6 Å². The van der Waals surface area contributed by atoms with Crippen molar-refractivity contribution in [2.75, 3.05) is 24.6 Å². The number of aromatic nitrogens is 3. The first kappa shape index (κ1) is 12.2. The molecule has 0 bridgehead atoms. The number of thioether (sulfide) groups is 1. The SMILES string of the molecule is Cn1cc(-c2nc(CN3CCSCC3)cs2)cn1. The lowest BCUT2D eigenvalue weighted by atomic mass is 10.3. The van der Waals surface area contributed by atoms with Gasteiger partial charge in [0.1, 0.15) is 5.01 Å². The molecule has 96 valence electrons. The van der Waals surface area contributed by atoms with E-state index in [1.54, 1.807) is 11.3 Å². The predicted molar refractivity (Wildman–Crippen MR) is 76.9 cm³/mol. The molecule has 0 radical (unpaired) electrons. The van der Waals surface area contributed by atoms with Crippen LogP contribution in [-0.4, -0.2) is 44.3 Å². The van der Waals surface area contributed by atoms with Gasteiger partial charge in [-0.3, -0.25) is 9.58 Å². The fraction of sp³-hybridized carbons (Fsp3) is 0.500. The molecule has 0 aromatic carbocycles. The molecule has 0 unspecified atom stereocenters. The van der Waals surface area contributed by atoms with Gasteiger partial charge in [-0.05, 0) is 0 Å². The molecular weight excluding hydrogens is 264 g/mol. The smallest absolute Gasteiger partial charge is 0.126 e. The Hall–Kier alpha value is -0.850. The Morgan fingerprint density at radius 2 is 2.17 bits per heavy atom. The van der Waals surface area contributed by atoms with Crippen molar-refractivity contribution in [3.05, 3.63) is 23.5 Å². The molecule has 1 fully saturated rings. The van der Waals surface area contributed by atoms with Crippen molar-refractivity contribution in [3.8, 4) is 10.6 Å². The highest BCUT2D eigenvalue weighted by Crippen LogP contribution is 2.24. The average Bonchev–Trinajstić information content (AvgIpc) is 2.99. The zero-order valence-electron chi connectivity index (χ0n) is 10.4. The second-order valence-corrected chi connectivity index (χ2v) is 6.52. The van der Waals surface area contributed by atoms with Crippen LogP contribution in [0.2, 0.25) is 0 Å². The zero-order chi connectivity index (χ0) is 12.4. The molecule has 1 aliphatic heterocycles. The van der Waals surface area contributed by atoms with Crippen LogP contribution in [0.1, 0.15) is 5.69 Å². The van der Waals surface area contributed by atoms with E-state index in [1.807, 2.05) is 35.9 Å². The summed E-state index contributed by atoms with van der Waals surface area (Å²) in [6, 6.07) is 0. The minimum absolute atomic E-state index is 0.983. The first-order valence-electron chi connectivity index (χ1n) is 6.05. The summed E-state index contributed by atoms with van der Waals surface area (Å²) in [7, 11) is 1.93. The lowest BCUT2D eigenvalue weighted by molar-refractivity contribution is 0.292. The third-order valence-electron chi connectivity index (χ3n) is 2.99. The summed E-state index contributed by atoms with van der Waals surface area (Å²) in [5, 5.41) is 7.43. The van der Waals surface area contributed by atoms with Crippen LogP contribution in [0.4, 0.5) is 0 Å². The van der Waals surface area contributed by atoms with E-state index < -0.39 is 0 Å². The van der Waals surface area contributed by atoms with E-state index in [1.165, 1.54) is 30.3 Å². The summed E-state index contributed by atoms with van der Waals surface area (Å²) in [6.07, 6.45) is 3.89. The van der Waals surface area contributed by atoms with Crippen LogP contribution in [0, 0.1) is 0 Å². The number of thiazole rings is 1. The van der Waals surface area contributed by atoms with E-state index >= 15 is 0 Å². The van der Waals surface area contributed by atoms with Crippen molar-refractivity contribution >= 4 is 23.1 Å². The summed E-state index contributed by atoms with van der Waals surface area (Å²) in [4.78, 5) is 7.19. The molecule has 1 aliphatic rings. The Kier molecular flexibility index (Phi) is 3.67. The maximum absolute atomic E-state index is 4.70. The van der Waals surface area contributed by atoms with Gasteiger partial charge in [-0.15, -0.1) is 11.3 Å². The molecule has 18 heavy (non-hydrogen) atoms. The fourth-order valence-corrected chi connectivity index (χ4v) is 3.80. The van der Waals surface area contributed by atoms with Crippen LogP contribution in [0.15, 0.2) is 17.8 Å². The van der Waals surface area contributed by atoms with Crippen LogP contribution in [-0.2, 0) is 13.6 Å². The van der Waals surface area contributed by atoms with E-state index in [0.717, 1.165) is 17.1 Å². The van der Waals surface area contributed by atoms with E-state index in [0.29, 0.717) is 0 Å². The molecular formula is C12H16N4S2. The zero-order valence-corrected chi connectivity index (χ0v) is 12.0. The number of hydrogen-bond donors (Lipinski definition) is 0. The van der Waals surface area contributed by atoms with Gasteiger partial charge >= 0.3 is 0 Å². The maximum Gasteiger partial charge on any atom is 0.126 e. The van der Waals surface area contributed by atoms with Crippen molar-refractivity contribution in [2.45, 2.75) is 6.54 Å². The van der Waals surface area contributed by atoms with Crippen molar-refractivity contribution in [1.82, 2.24) is 19.7 Å². The van der Waals surface area contributed by atoms with E-state index in [4.69, 9.17) is 4.98 Å². The summed E-state index contributed by atoms with van der Waals surface area (Å²) < 4.78 is 1.82. The second kappa shape index (κ2) is 5.42. The molecule has 4 nitrogen and oxygen atoms in total. The first-order valence-corrected chi connectivity index (χ1v) is 8.08. The highest BCUT2D eigenvalue weighted by Gasteiger charge is 2.13. The van der Waals surface area contributed by atoms with E-state index in [9.17, 15) is 0 Å². The maximum atomic E-state index is 4.70. The van der Waals surface area contributed by atoms with Gasteiger partial charge in [0, 0.05) is 55.3 Å². The van der Waals surface area contributed by atoms with Gasteiger partial charge in [-0.2, -0.15) is 16.9 Å². The molecule has 0 aliphatic carbocycles. The highest BCUT2D eigenvalue weighted by atomic mass is 32.2. The summed E-state index contributed by atoms with van der Waals surface area (Å²) in [6.45, 7) is 3.35. The third-order valence-corrected chi connectivity index (χ3v) is 4.88. The molecule has 0 N–H and O–H groups in total. The summed E-state index contributed by atoms with van der Waals surface area (Å²) >= 11 is 3.75. The normalized spacial score (nSPS) is 17.2. The molecule has 1 saturated heterocycles. The van der Waals surface area contributed by atoms with E-state index in [2.05, 4.69) is 15.4 Å². The van der Waals surface area contributed by atoms with Crippen molar-refractivity contribution in [1.29, 1.82) is 0 Å². The predicted octanol–water partition coefficient (Wildman–Crippen LogP) is 2.09. The van der Waals surface area contributed by atoms with Gasteiger partial charge in [-0.25, -0.2) is 4.98 Å². The molecule has 0 atom stereocenters. The fourth-order valence-electron chi connectivity index (χ4n) is 2.03. The van der Waals surface area contributed by atoms with Crippen LogP contribution < -0.4 is 0 Å². The first-order chi connectivity index (χ1) is 8.81. The minimum Gasteiger partial charge on any atom is -0.296 e. The average molecular weight is 280 g/mol. The van der Waals surface area contributed by atoms with Gasteiger partial charge in [0.25, 0.3) is 0 Å². The molecule has 0 saturated carbocycles. The van der Waals surface area contributed by atoms with Gasteiger partial charge in [0.15, 0.2) is 0 Å². The Balaban J connectivity index is 1.69. The Morgan fingerprint density at radius 1 is 1.33 bits per heavy atom. The number of hydrogen-bond acceptors (Lipinski definition) is 5. The van der Waals surface area contributed by atoms with Gasteiger partial charge in [0.2, 0.25) is 0 Å². The summed E-state index contributed by atoms with van der Waals surface area (Å²) in [5.74, 6) is 2.50. The topological polar surface area (TPSA) is 34.0 Å². The van der Waals surface area contributed by atoms with Gasteiger partial charge < -0.3 is 0 Å². The Labute approximate surface area is 115 Å². The second-order valence-electron chi connectivity index (χ2n) is 4.44. The van der Waals surface area contributed by atoms with Crippen LogP contribution in [0.5, 0.6) is 0 Å². The Morgan fingerprint density at radius 3 is 2.89 bits per heavy atom. The molecule has 2 aromatic rings. The number of nitrogens with zero attached hydrogens (tertiary/aromatic N) is 4. The van der Waals surface area contributed by atoms with Gasteiger partial charge in [0.05, 0.1) is 11.9 Å².